The number of benzene rings is 2. The van der Waals surface area contributed by atoms with E-state index < -0.39 is 0 Å². The van der Waals surface area contributed by atoms with Crippen LogP contribution in [0.15, 0.2) is 71.0 Å². The maximum Gasteiger partial charge on any atom is 0.227 e. The van der Waals surface area contributed by atoms with Crippen molar-refractivity contribution in [3.63, 3.8) is 0 Å². The van der Waals surface area contributed by atoms with E-state index in [0.29, 0.717) is 23.1 Å². The molecule has 2 aromatic carbocycles. The Hall–Kier alpha value is -3.26. The molecular formula is C25H23FN4O2S. The van der Waals surface area contributed by atoms with Crippen LogP contribution in [0.2, 0.25) is 0 Å². The number of Topliss-reactive ketones (excluding diaryl/α,β-unsaturated/α-hetero) is 2. The molecule has 0 bridgehead atoms. The zero-order chi connectivity index (χ0) is 23.2. The van der Waals surface area contributed by atoms with Gasteiger partial charge in [0.2, 0.25) is 11.1 Å². The van der Waals surface area contributed by atoms with Gasteiger partial charge in [-0.3, -0.25) is 9.59 Å². The summed E-state index contributed by atoms with van der Waals surface area (Å²) in [6.45, 7) is 4.19. The third kappa shape index (κ3) is 4.23. The predicted molar refractivity (Wildman–Crippen MR) is 125 cm³/mol. The first-order chi connectivity index (χ1) is 15.8. The summed E-state index contributed by atoms with van der Waals surface area (Å²) in [4.78, 5) is 30.3. The van der Waals surface area contributed by atoms with E-state index in [1.54, 1.807) is 4.68 Å². The van der Waals surface area contributed by atoms with Crippen molar-refractivity contribution in [1.82, 2.24) is 14.8 Å². The first-order valence-corrected chi connectivity index (χ1v) is 11.8. The molecule has 6 nitrogen and oxygen atoms in total. The molecule has 0 unspecified atom stereocenters. The molecule has 1 aliphatic heterocycles. The molecule has 5 rings (SSSR count). The normalized spacial score (nSPS) is 19.0. The lowest BCUT2D eigenvalue weighted by atomic mass is 9.73. The van der Waals surface area contributed by atoms with Crippen molar-refractivity contribution >= 4 is 29.3 Å². The molecule has 2 aliphatic rings. The fraction of sp³-hybridized carbons (Fsp3) is 0.280. The number of aromatic nitrogens is 3. The van der Waals surface area contributed by atoms with Gasteiger partial charge in [0.05, 0.1) is 5.75 Å². The minimum Gasteiger partial charge on any atom is -0.328 e. The number of allylic oxidation sites excluding steroid dienone is 2. The molecule has 1 aromatic heterocycles. The van der Waals surface area contributed by atoms with Gasteiger partial charge in [0.25, 0.3) is 0 Å². The quantitative estimate of drug-likeness (QED) is 0.422. The standard InChI is InChI=1S/C25H23FN4O2S/c1-25(2)12-18-21(19(31)13-25)22(16-6-4-3-5-7-16)30-23(27-18)28-24(29-30)33-14-20(32)15-8-10-17(26)11-9-15/h3-11,22H,12-14H2,1-2H3,(H,27,28,29)/t22-/m1/s1. The largest absolute Gasteiger partial charge is 0.328 e. The molecule has 1 atom stereocenters. The van der Waals surface area contributed by atoms with Crippen molar-refractivity contribution in [2.45, 2.75) is 37.9 Å². The van der Waals surface area contributed by atoms with Gasteiger partial charge in [-0.2, -0.15) is 4.98 Å². The molecule has 3 aromatic rings. The summed E-state index contributed by atoms with van der Waals surface area (Å²) in [5.41, 5.74) is 2.90. The van der Waals surface area contributed by atoms with Gasteiger partial charge in [0.15, 0.2) is 11.6 Å². The monoisotopic (exact) mass is 462 g/mol. The molecule has 0 amide bonds. The van der Waals surface area contributed by atoms with E-state index in [9.17, 15) is 14.0 Å². The number of hydrogen-bond donors (Lipinski definition) is 1. The van der Waals surface area contributed by atoms with Crippen LogP contribution in [-0.2, 0) is 4.79 Å². The van der Waals surface area contributed by atoms with E-state index in [1.807, 2.05) is 30.3 Å². The molecule has 2 heterocycles. The summed E-state index contributed by atoms with van der Waals surface area (Å²) in [5, 5.41) is 8.44. The smallest absolute Gasteiger partial charge is 0.227 e. The molecule has 0 radical (unpaired) electrons. The number of halogens is 1. The third-order valence-electron chi connectivity index (χ3n) is 5.93. The molecular weight excluding hydrogens is 439 g/mol. The molecule has 33 heavy (non-hydrogen) atoms. The van der Waals surface area contributed by atoms with E-state index in [4.69, 9.17) is 0 Å². The molecule has 8 heteroatoms. The Labute approximate surface area is 195 Å². The second-order valence-corrected chi connectivity index (χ2v) is 10.1. The molecule has 168 valence electrons. The number of carbonyl (C=O) groups is 2. The number of fused-ring (bicyclic) bond motifs is 1. The SMILES string of the molecule is CC1(C)CC(=O)C2=C(C1)Nc1nc(SCC(=O)c3ccc(F)cc3)nn1[C@@H]2c1ccccc1. The average Bonchev–Trinajstić information content (AvgIpc) is 3.18. The van der Waals surface area contributed by atoms with E-state index in [1.165, 1.54) is 36.0 Å². The van der Waals surface area contributed by atoms with Crippen molar-refractivity contribution in [3.8, 4) is 0 Å². The zero-order valence-corrected chi connectivity index (χ0v) is 19.2. The van der Waals surface area contributed by atoms with Gasteiger partial charge in [0, 0.05) is 23.3 Å². The third-order valence-corrected chi connectivity index (χ3v) is 6.76. The zero-order valence-electron chi connectivity index (χ0n) is 18.3. The van der Waals surface area contributed by atoms with Gasteiger partial charge in [-0.05, 0) is 41.7 Å². The average molecular weight is 463 g/mol. The van der Waals surface area contributed by atoms with Crippen LogP contribution >= 0.6 is 11.8 Å². The number of carbonyl (C=O) groups excluding carboxylic acids is 2. The van der Waals surface area contributed by atoms with Gasteiger partial charge >= 0.3 is 0 Å². The highest BCUT2D eigenvalue weighted by molar-refractivity contribution is 7.99. The molecule has 0 saturated heterocycles. The summed E-state index contributed by atoms with van der Waals surface area (Å²) >= 11 is 1.22. The lowest BCUT2D eigenvalue weighted by Crippen LogP contribution is -2.36. The molecule has 1 N–H and O–H groups in total. The van der Waals surface area contributed by atoms with Gasteiger partial charge in [-0.15, -0.1) is 5.10 Å². The summed E-state index contributed by atoms with van der Waals surface area (Å²) in [5.74, 6) is 0.295. The van der Waals surface area contributed by atoms with Crippen LogP contribution in [-0.4, -0.2) is 32.1 Å². The molecule has 0 spiro atoms. The topological polar surface area (TPSA) is 76.9 Å². The maximum absolute atomic E-state index is 13.2. The Morgan fingerprint density at radius 1 is 1.15 bits per heavy atom. The second-order valence-electron chi connectivity index (χ2n) is 9.15. The van der Waals surface area contributed by atoms with Crippen LogP contribution in [0.5, 0.6) is 0 Å². The van der Waals surface area contributed by atoms with Crippen molar-refractivity contribution < 1.29 is 14.0 Å². The van der Waals surface area contributed by atoms with Gasteiger partial charge in [-0.1, -0.05) is 55.9 Å². The number of nitrogens with zero attached hydrogens (tertiary/aromatic N) is 3. The summed E-state index contributed by atoms with van der Waals surface area (Å²) in [6.07, 6.45) is 1.23. The number of anilines is 1. The van der Waals surface area contributed by atoms with Crippen LogP contribution in [0.3, 0.4) is 0 Å². The number of nitrogens with one attached hydrogen (secondary N) is 1. The highest BCUT2D eigenvalue weighted by atomic mass is 32.2. The van der Waals surface area contributed by atoms with E-state index in [-0.39, 0.29) is 34.6 Å². The second kappa shape index (κ2) is 8.26. The Kier molecular flexibility index (Phi) is 5.40. The first kappa shape index (κ1) is 21.6. The minimum atomic E-state index is -0.380. The number of thioether (sulfide) groups is 1. The summed E-state index contributed by atoms with van der Waals surface area (Å²) < 4.78 is 14.9. The highest BCUT2D eigenvalue weighted by Crippen LogP contribution is 2.45. The fourth-order valence-corrected chi connectivity index (χ4v) is 5.17. The molecule has 0 fully saturated rings. The van der Waals surface area contributed by atoms with Gasteiger partial charge in [-0.25, -0.2) is 9.07 Å². The number of hydrogen-bond acceptors (Lipinski definition) is 6. The minimum absolute atomic E-state index is 0.115. The lowest BCUT2D eigenvalue weighted by Gasteiger charge is -2.38. The number of rotatable bonds is 5. The summed E-state index contributed by atoms with van der Waals surface area (Å²) in [7, 11) is 0. The fourth-order valence-electron chi connectivity index (χ4n) is 4.44. The van der Waals surface area contributed by atoms with Crippen LogP contribution in [0.1, 0.15) is 48.7 Å². The summed E-state index contributed by atoms with van der Waals surface area (Å²) in [6, 6.07) is 14.9. The van der Waals surface area contributed by atoms with E-state index >= 15 is 0 Å². The number of ketones is 2. The molecule has 0 saturated carbocycles. The highest BCUT2D eigenvalue weighted by Gasteiger charge is 2.41. The van der Waals surface area contributed by atoms with Gasteiger partial charge in [0.1, 0.15) is 11.9 Å². The lowest BCUT2D eigenvalue weighted by molar-refractivity contribution is -0.118. The van der Waals surface area contributed by atoms with Crippen LogP contribution < -0.4 is 5.32 Å². The van der Waals surface area contributed by atoms with Crippen molar-refractivity contribution in [2.24, 2.45) is 5.41 Å². The van der Waals surface area contributed by atoms with Crippen molar-refractivity contribution in [2.75, 3.05) is 11.1 Å². The Morgan fingerprint density at radius 3 is 2.61 bits per heavy atom. The van der Waals surface area contributed by atoms with Crippen LogP contribution in [0, 0.1) is 11.2 Å². The van der Waals surface area contributed by atoms with Gasteiger partial charge < -0.3 is 5.32 Å². The van der Waals surface area contributed by atoms with Crippen LogP contribution in [0.25, 0.3) is 0 Å². The predicted octanol–water partition coefficient (Wildman–Crippen LogP) is 5.05. The Morgan fingerprint density at radius 2 is 1.88 bits per heavy atom. The van der Waals surface area contributed by atoms with E-state index in [2.05, 4.69) is 29.2 Å². The van der Waals surface area contributed by atoms with E-state index in [0.717, 1.165) is 23.3 Å². The van der Waals surface area contributed by atoms with Crippen molar-refractivity contribution in [3.05, 3.63) is 82.8 Å². The van der Waals surface area contributed by atoms with Crippen molar-refractivity contribution in [1.29, 1.82) is 0 Å². The first-order valence-electron chi connectivity index (χ1n) is 10.8. The Bertz CT molecular complexity index is 1270. The molecule has 1 aliphatic carbocycles. The van der Waals surface area contributed by atoms with Crippen LogP contribution in [0.4, 0.5) is 10.3 Å². The maximum atomic E-state index is 13.2. The Balaban J connectivity index is 1.46.